The van der Waals surface area contributed by atoms with Gasteiger partial charge in [0.1, 0.15) is 5.82 Å². The van der Waals surface area contributed by atoms with Gasteiger partial charge in [-0.05, 0) is 47.1 Å². The molecule has 0 amide bonds. The van der Waals surface area contributed by atoms with Gasteiger partial charge < -0.3 is 9.84 Å². The molecule has 154 valence electrons. The lowest BCUT2D eigenvalue weighted by Crippen LogP contribution is -2.20. The van der Waals surface area contributed by atoms with Crippen LogP contribution in [0.1, 0.15) is 11.4 Å². The molecule has 0 saturated carbocycles. The van der Waals surface area contributed by atoms with Gasteiger partial charge in [0.05, 0.1) is 26.5 Å². The number of fused-ring (bicyclic) bond motifs is 1. The summed E-state index contributed by atoms with van der Waals surface area (Å²) in [5.74, 6) is -1.15. The minimum Gasteiger partial charge on any atom is -0.479 e. The molecule has 1 heterocycles. The Bertz CT molecular complexity index is 1270. The monoisotopic (exact) mass is 538 g/mol. The van der Waals surface area contributed by atoms with E-state index in [0.29, 0.717) is 21.2 Å². The van der Waals surface area contributed by atoms with Gasteiger partial charge in [-0.1, -0.05) is 15.9 Å². The lowest BCUT2D eigenvalue weighted by Gasteiger charge is -2.08. The number of rotatable bonds is 6. The molecule has 3 aromatic rings. The van der Waals surface area contributed by atoms with Gasteiger partial charge in [-0.25, -0.2) is 9.78 Å². The topological polar surface area (TPSA) is 137 Å². The van der Waals surface area contributed by atoms with E-state index in [1.54, 1.807) is 25.1 Å². The van der Waals surface area contributed by atoms with Crippen LogP contribution in [0.2, 0.25) is 0 Å². The normalized spacial score (nSPS) is 11.2. The van der Waals surface area contributed by atoms with Gasteiger partial charge in [0, 0.05) is 16.1 Å². The van der Waals surface area contributed by atoms with Crippen LogP contribution in [0, 0.1) is 17.0 Å². The number of aromatic nitrogens is 2. The van der Waals surface area contributed by atoms with E-state index in [1.165, 1.54) is 12.3 Å². The molecule has 0 radical (unpaired) electrons. The number of aryl methyl sites for hydroxylation is 1. The van der Waals surface area contributed by atoms with Crippen molar-refractivity contribution < 1.29 is 19.6 Å². The van der Waals surface area contributed by atoms with Crippen LogP contribution in [0.25, 0.3) is 10.9 Å². The number of nitro benzene ring substituents is 1. The molecule has 30 heavy (non-hydrogen) atoms. The average Bonchev–Trinajstić information content (AvgIpc) is 2.67. The van der Waals surface area contributed by atoms with Crippen LogP contribution in [-0.2, 0) is 4.79 Å². The first-order chi connectivity index (χ1) is 14.2. The lowest BCUT2D eigenvalue weighted by atomic mass is 10.2. The Morgan fingerprint density at radius 1 is 1.37 bits per heavy atom. The van der Waals surface area contributed by atoms with Gasteiger partial charge >= 0.3 is 11.7 Å². The molecular weight excluding hydrogens is 528 g/mol. The van der Waals surface area contributed by atoms with E-state index >= 15 is 0 Å². The van der Waals surface area contributed by atoms with Crippen molar-refractivity contribution in [2.75, 3.05) is 6.61 Å². The summed E-state index contributed by atoms with van der Waals surface area (Å²) in [4.78, 5) is 38.5. The van der Waals surface area contributed by atoms with Crippen LogP contribution < -0.4 is 10.3 Å². The molecule has 0 bridgehead atoms. The first-order valence-corrected chi connectivity index (χ1v) is 9.81. The van der Waals surface area contributed by atoms with Crippen molar-refractivity contribution in [1.82, 2.24) is 9.66 Å². The SMILES string of the molecule is Cc1nc2ccc(Br)cc2c(=O)n1N=Cc1cc(Br)c(OCC(=O)O)c([N+](=O)[O-])c1. The highest BCUT2D eigenvalue weighted by Crippen LogP contribution is 2.36. The van der Waals surface area contributed by atoms with Gasteiger partial charge in [0.2, 0.25) is 5.75 Å². The smallest absolute Gasteiger partial charge is 0.341 e. The minimum atomic E-state index is -1.27. The number of benzene rings is 2. The van der Waals surface area contributed by atoms with Crippen LogP contribution in [0.5, 0.6) is 5.75 Å². The largest absolute Gasteiger partial charge is 0.479 e. The van der Waals surface area contributed by atoms with E-state index < -0.39 is 28.7 Å². The standard InChI is InChI=1S/C18H12Br2N4O6/c1-9-22-14-3-2-11(19)6-12(14)18(27)23(9)21-7-10-4-13(20)17(30-8-16(25)26)15(5-10)24(28)29/h2-7H,8H2,1H3,(H,25,26). The number of hydrogen-bond acceptors (Lipinski definition) is 7. The van der Waals surface area contributed by atoms with Crippen LogP contribution >= 0.6 is 31.9 Å². The molecule has 0 aliphatic rings. The Kier molecular flexibility index (Phi) is 6.27. The molecule has 10 nitrogen and oxygen atoms in total. The third-order valence-electron chi connectivity index (χ3n) is 3.88. The lowest BCUT2D eigenvalue weighted by molar-refractivity contribution is -0.385. The molecule has 0 fully saturated rings. The quantitative estimate of drug-likeness (QED) is 0.287. The zero-order chi connectivity index (χ0) is 22.0. The molecule has 0 atom stereocenters. The Labute approximate surface area is 185 Å². The summed E-state index contributed by atoms with van der Waals surface area (Å²) in [5, 5.41) is 24.6. The maximum atomic E-state index is 12.8. The summed E-state index contributed by atoms with van der Waals surface area (Å²) < 4.78 is 6.97. The number of carbonyl (C=O) groups is 1. The summed E-state index contributed by atoms with van der Waals surface area (Å²) in [6.45, 7) is 0.876. The number of nitrogens with zero attached hydrogens (tertiary/aromatic N) is 4. The first kappa shape index (κ1) is 21.6. The molecule has 0 aliphatic heterocycles. The average molecular weight is 540 g/mol. The molecule has 0 saturated heterocycles. The summed E-state index contributed by atoms with van der Waals surface area (Å²) in [6, 6.07) is 7.73. The van der Waals surface area contributed by atoms with Gasteiger partial charge in [-0.3, -0.25) is 14.9 Å². The summed E-state index contributed by atoms with van der Waals surface area (Å²) in [6.07, 6.45) is 1.26. The van der Waals surface area contributed by atoms with E-state index in [9.17, 15) is 19.7 Å². The molecule has 0 aliphatic carbocycles. The van der Waals surface area contributed by atoms with Crippen molar-refractivity contribution in [2.24, 2.45) is 5.10 Å². The van der Waals surface area contributed by atoms with Crippen LogP contribution in [0.3, 0.4) is 0 Å². The Balaban J connectivity index is 2.05. The number of halogens is 2. The number of ether oxygens (including phenoxy) is 1. The van der Waals surface area contributed by atoms with Gasteiger partial charge in [-0.15, -0.1) is 0 Å². The number of nitro groups is 1. The second-order valence-electron chi connectivity index (χ2n) is 5.97. The predicted octanol–water partition coefficient (Wildman–Crippen LogP) is 3.48. The molecule has 1 aromatic heterocycles. The third-order valence-corrected chi connectivity index (χ3v) is 4.96. The molecule has 0 spiro atoms. The van der Waals surface area contributed by atoms with Crippen molar-refractivity contribution in [3.8, 4) is 5.75 Å². The van der Waals surface area contributed by atoms with E-state index in [0.717, 1.165) is 10.7 Å². The Morgan fingerprint density at radius 3 is 2.77 bits per heavy atom. The molecular formula is C18H12Br2N4O6. The van der Waals surface area contributed by atoms with Crippen LogP contribution in [0.15, 0.2) is 49.2 Å². The molecule has 2 aromatic carbocycles. The van der Waals surface area contributed by atoms with E-state index in [4.69, 9.17) is 9.84 Å². The second-order valence-corrected chi connectivity index (χ2v) is 7.74. The highest BCUT2D eigenvalue weighted by atomic mass is 79.9. The molecule has 1 N–H and O–H groups in total. The number of hydrogen-bond donors (Lipinski definition) is 1. The van der Waals surface area contributed by atoms with E-state index in [1.807, 2.05) is 0 Å². The summed E-state index contributed by atoms with van der Waals surface area (Å²) in [7, 11) is 0. The third kappa shape index (κ3) is 4.54. The fourth-order valence-corrected chi connectivity index (χ4v) is 3.55. The molecule has 0 unspecified atom stereocenters. The van der Waals surface area contributed by atoms with Crippen molar-refractivity contribution in [1.29, 1.82) is 0 Å². The predicted molar refractivity (Wildman–Crippen MR) is 115 cm³/mol. The number of carboxylic acid groups (broad SMARTS) is 1. The maximum absolute atomic E-state index is 12.8. The molecule has 12 heteroatoms. The zero-order valence-corrected chi connectivity index (χ0v) is 18.4. The Morgan fingerprint density at radius 2 is 2.10 bits per heavy atom. The van der Waals surface area contributed by atoms with Crippen LogP contribution in [0.4, 0.5) is 5.69 Å². The number of aliphatic carboxylic acids is 1. The first-order valence-electron chi connectivity index (χ1n) is 8.23. The number of carboxylic acids is 1. The van der Waals surface area contributed by atoms with Crippen molar-refractivity contribution in [3.05, 3.63) is 71.1 Å². The van der Waals surface area contributed by atoms with Crippen LogP contribution in [-0.4, -0.2) is 38.5 Å². The minimum absolute atomic E-state index is 0.170. The highest BCUT2D eigenvalue weighted by Gasteiger charge is 2.21. The molecule has 3 rings (SSSR count). The zero-order valence-electron chi connectivity index (χ0n) is 15.2. The van der Waals surface area contributed by atoms with Crippen molar-refractivity contribution >= 4 is 60.6 Å². The Hall–Kier alpha value is -3.12. The fourth-order valence-electron chi connectivity index (χ4n) is 2.61. The summed E-state index contributed by atoms with van der Waals surface area (Å²) in [5.41, 5.74) is -0.0379. The fraction of sp³-hybridized carbons (Fsp3) is 0.111. The highest BCUT2D eigenvalue weighted by molar-refractivity contribution is 9.10. The van der Waals surface area contributed by atoms with E-state index in [2.05, 4.69) is 41.9 Å². The van der Waals surface area contributed by atoms with Crippen molar-refractivity contribution in [2.45, 2.75) is 6.92 Å². The van der Waals surface area contributed by atoms with Gasteiger partial charge in [0.15, 0.2) is 6.61 Å². The van der Waals surface area contributed by atoms with Crippen molar-refractivity contribution in [3.63, 3.8) is 0 Å². The summed E-state index contributed by atoms with van der Waals surface area (Å²) >= 11 is 6.45. The van der Waals surface area contributed by atoms with Gasteiger partial charge in [0.25, 0.3) is 5.56 Å². The van der Waals surface area contributed by atoms with E-state index in [-0.39, 0.29) is 15.8 Å². The maximum Gasteiger partial charge on any atom is 0.341 e. The second kappa shape index (κ2) is 8.71. The van der Waals surface area contributed by atoms with Gasteiger partial charge in [-0.2, -0.15) is 9.78 Å².